The summed E-state index contributed by atoms with van der Waals surface area (Å²) in [7, 11) is -5.04. The van der Waals surface area contributed by atoms with Crippen molar-refractivity contribution in [3.63, 3.8) is 0 Å². The number of hydrogen-bond acceptors (Lipinski definition) is 4. The van der Waals surface area contributed by atoms with Crippen molar-refractivity contribution in [2.45, 2.75) is 10.1 Å². The summed E-state index contributed by atoms with van der Waals surface area (Å²) in [6.45, 7) is -0.343. The molecular weight excluding hydrogens is 367 g/mol. The fourth-order valence-corrected chi connectivity index (χ4v) is 4.58. The number of hydrogen-bond donors (Lipinski definition) is 1. The molecule has 0 bridgehead atoms. The lowest BCUT2D eigenvalue weighted by molar-refractivity contribution is 0.504. The molecule has 0 saturated heterocycles. The van der Waals surface area contributed by atoms with Crippen LogP contribution < -0.4 is 4.72 Å². The van der Waals surface area contributed by atoms with Gasteiger partial charge in [-0.25, -0.2) is 17.5 Å². The smallest absolute Gasteiger partial charge is 0.223 e. The lowest BCUT2D eigenvalue weighted by Crippen LogP contribution is -2.39. The van der Waals surface area contributed by atoms with Gasteiger partial charge in [-0.3, -0.25) is 0 Å². The van der Waals surface area contributed by atoms with E-state index in [0.717, 1.165) is 16.4 Å². The molecule has 0 aliphatic carbocycles. The summed E-state index contributed by atoms with van der Waals surface area (Å²) in [6.07, 6.45) is 0. The first kappa shape index (κ1) is 19.5. The summed E-state index contributed by atoms with van der Waals surface area (Å²) < 4.78 is 66.2. The van der Waals surface area contributed by atoms with E-state index in [1.165, 1.54) is 26.2 Å². The summed E-state index contributed by atoms with van der Waals surface area (Å²) >= 11 is 0. The second-order valence-corrected chi connectivity index (χ2v) is 9.63. The average molecular weight is 386 g/mol. The Bertz CT molecular complexity index is 912. The van der Waals surface area contributed by atoms with Gasteiger partial charge in [0.25, 0.3) is 10.2 Å². The van der Waals surface area contributed by atoms with Crippen LogP contribution in [0.4, 0.5) is 4.39 Å². The number of halogens is 1. The Morgan fingerprint density at radius 1 is 0.960 bits per heavy atom. The Kier molecular flexibility index (Phi) is 5.94. The van der Waals surface area contributed by atoms with E-state index in [1.54, 1.807) is 30.3 Å². The predicted octanol–water partition coefficient (Wildman–Crippen LogP) is 1.74. The number of nitrogens with zero attached hydrogens (tertiary/aromatic N) is 1. The van der Waals surface area contributed by atoms with Gasteiger partial charge in [0.2, 0.25) is 0 Å². The van der Waals surface area contributed by atoms with Crippen LogP contribution in [-0.2, 0) is 20.0 Å². The van der Waals surface area contributed by atoms with E-state index in [4.69, 9.17) is 0 Å². The molecule has 2 aromatic carbocycles. The fourth-order valence-electron chi connectivity index (χ4n) is 2.17. The normalized spacial score (nSPS) is 13.8. The highest BCUT2D eigenvalue weighted by atomic mass is 32.2. The molecule has 0 aromatic heterocycles. The monoisotopic (exact) mass is 386 g/mol. The Balaban J connectivity index is 2.43. The van der Waals surface area contributed by atoms with E-state index < -0.39 is 31.1 Å². The molecule has 0 radical (unpaired) electrons. The minimum Gasteiger partial charge on any atom is -0.223 e. The van der Waals surface area contributed by atoms with Crippen molar-refractivity contribution < 1.29 is 21.2 Å². The summed E-state index contributed by atoms with van der Waals surface area (Å²) in [6, 6.07) is 12.7. The minimum atomic E-state index is -3.93. The van der Waals surface area contributed by atoms with Crippen molar-refractivity contribution >= 4 is 20.0 Å². The summed E-state index contributed by atoms with van der Waals surface area (Å²) in [5.74, 6) is -0.552. The van der Waals surface area contributed by atoms with Crippen LogP contribution in [0.15, 0.2) is 59.5 Å². The van der Waals surface area contributed by atoms with Crippen LogP contribution >= 0.6 is 0 Å². The van der Waals surface area contributed by atoms with E-state index >= 15 is 0 Å². The first-order chi connectivity index (χ1) is 11.6. The molecule has 0 spiro atoms. The third-order valence-electron chi connectivity index (χ3n) is 3.62. The summed E-state index contributed by atoms with van der Waals surface area (Å²) in [5.41, 5.74) is 0.438. The first-order valence-electron chi connectivity index (χ1n) is 7.36. The van der Waals surface area contributed by atoms with Gasteiger partial charge in [0.1, 0.15) is 11.1 Å². The molecule has 1 atom stereocenters. The zero-order valence-electron chi connectivity index (χ0n) is 13.8. The molecule has 0 aliphatic heterocycles. The van der Waals surface area contributed by atoms with E-state index in [-0.39, 0.29) is 11.4 Å². The van der Waals surface area contributed by atoms with Gasteiger partial charge in [-0.2, -0.15) is 12.7 Å². The van der Waals surface area contributed by atoms with Crippen LogP contribution in [-0.4, -0.2) is 41.8 Å². The number of nitrogens with one attached hydrogen (secondary N) is 1. The van der Waals surface area contributed by atoms with E-state index in [2.05, 4.69) is 4.72 Å². The van der Waals surface area contributed by atoms with E-state index in [1.807, 2.05) is 0 Å². The summed E-state index contributed by atoms with van der Waals surface area (Å²) in [4.78, 5) is -0.0770. The molecule has 1 N–H and O–H groups in total. The van der Waals surface area contributed by atoms with Gasteiger partial charge in [0, 0.05) is 20.6 Å². The van der Waals surface area contributed by atoms with Crippen LogP contribution in [0.5, 0.6) is 0 Å². The number of benzene rings is 2. The minimum absolute atomic E-state index is 0.0770. The Hall–Kier alpha value is -1.81. The highest BCUT2D eigenvalue weighted by Crippen LogP contribution is 2.28. The van der Waals surface area contributed by atoms with Gasteiger partial charge in [-0.05, 0) is 29.8 Å². The molecule has 6 nitrogen and oxygen atoms in total. The SMILES string of the molecule is CN(C)S(=O)(=O)NCC(c1ccccc1)S(=O)(=O)c1ccc(F)cc1. The summed E-state index contributed by atoms with van der Waals surface area (Å²) in [5, 5.41) is -1.14. The number of sulfone groups is 1. The van der Waals surface area contributed by atoms with E-state index in [0.29, 0.717) is 5.56 Å². The van der Waals surface area contributed by atoms with Crippen molar-refractivity contribution in [3.8, 4) is 0 Å². The Morgan fingerprint density at radius 2 is 1.52 bits per heavy atom. The largest absolute Gasteiger partial charge is 0.278 e. The molecule has 0 heterocycles. The molecular formula is C16H19FN2O4S2. The predicted molar refractivity (Wildman–Crippen MR) is 93.4 cm³/mol. The zero-order chi connectivity index (χ0) is 18.7. The maximum absolute atomic E-state index is 13.1. The standard InChI is InChI=1S/C16H19FN2O4S2/c1-19(2)25(22,23)18-12-16(13-6-4-3-5-7-13)24(20,21)15-10-8-14(17)9-11-15/h3-11,16,18H,12H2,1-2H3. The molecule has 9 heteroatoms. The highest BCUT2D eigenvalue weighted by Gasteiger charge is 2.30. The fraction of sp³-hybridized carbons (Fsp3) is 0.250. The molecule has 0 saturated carbocycles. The Labute approximate surface area is 147 Å². The maximum atomic E-state index is 13.1. The van der Waals surface area contributed by atoms with Crippen LogP contribution in [0.3, 0.4) is 0 Å². The molecule has 25 heavy (non-hydrogen) atoms. The van der Waals surface area contributed by atoms with Crippen molar-refractivity contribution in [2.75, 3.05) is 20.6 Å². The second kappa shape index (κ2) is 7.61. The lowest BCUT2D eigenvalue weighted by atomic mass is 10.1. The number of rotatable bonds is 7. The molecule has 0 fully saturated rings. The van der Waals surface area contributed by atoms with Gasteiger partial charge >= 0.3 is 0 Å². The topological polar surface area (TPSA) is 83.6 Å². The lowest BCUT2D eigenvalue weighted by Gasteiger charge is -2.20. The van der Waals surface area contributed by atoms with Gasteiger partial charge in [0.15, 0.2) is 9.84 Å². The van der Waals surface area contributed by atoms with Crippen molar-refractivity contribution in [3.05, 3.63) is 66.0 Å². The van der Waals surface area contributed by atoms with Crippen LogP contribution in [0.2, 0.25) is 0 Å². The third-order valence-corrected chi connectivity index (χ3v) is 7.23. The molecule has 1 unspecified atom stereocenters. The quantitative estimate of drug-likeness (QED) is 0.735. The van der Waals surface area contributed by atoms with Crippen molar-refractivity contribution in [1.29, 1.82) is 0 Å². The third kappa shape index (κ3) is 4.63. The highest BCUT2D eigenvalue weighted by molar-refractivity contribution is 7.91. The molecule has 0 amide bonds. The van der Waals surface area contributed by atoms with Gasteiger partial charge < -0.3 is 0 Å². The van der Waals surface area contributed by atoms with E-state index in [9.17, 15) is 21.2 Å². The van der Waals surface area contributed by atoms with Crippen LogP contribution in [0.25, 0.3) is 0 Å². The second-order valence-electron chi connectivity index (χ2n) is 5.53. The molecule has 136 valence electrons. The van der Waals surface area contributed by atoms with Gasteiger partial charge in [-0.15, -0.1) is 0 Å². The Morgan fingerprint density at radius 3 is 2.04 bits per heavy atom. The van der Waals surface area contributed by atoms with Gasteiger partial charge in [-0.1, -0.05) is 30.3 Å². The average Bonchev–Trinajstić information content (AvgIpc) is 2.56. The van der Waals surface area contributed by atoms with Gasteiger partial charge in [0.05, 0.1) is 4.90 Å². The van der Waals surface area contributed by atoms with Crippen molar-refractivity contribution in [2.24, 2.45) is 0 Å². The van der Waals surface area contributed by atoms with Crippen molar-refractivity contribution in [1.82, 2.24) is 9.03 Å². The van der Waals surface area contributed by atoms with Crippen LogP contribution in [0.1, 0.15) is 10.8 Å². The molecule has 2 rings (SSSR count). The maximum Gasteiger partial charge on any atom is 0.278 e. The molecule has 2 aromatic rings. The zero-order valence-corrected chi connectivity index (χ0v) is 15.4. The first-order valence-corrected chi connectivity index (χ1v) is 10.3. The molecule has 0 aliphatic rings. The van der Waals surface area contributed by atoms with Crippen LogP contribution in [0, 0.1) is 5.82 Å².